The van der Waals surface area contributed by atoms with E-state index in [9.17, 15) is 4.79 Å². The maximum Gasteiger partial charge on any atom is 0.243 e. The number of imidazole rings is 1. The van der Waals surface area contributed by atoms with Gasteiger partial charge >= 0.3 is 0 Å². The van der Waals surface area contributed by atoms with Crippen LogP contribution in [0.15, 0.2) is 54.6 Å². The van der Waals surface area contributed by atoms with Crippen molar-refractivity contribution in [2.75, 3.05) is 0 Å². The third-order valence-corrected chi connectivity index (χ3v) is 4.38. The van der Waals surface area contributed by atoms with Crippen LogP contribution in [0.5, 0.6) is 0 Å². The highest BCUT2D eigenvalue weighted by Crippen LogP contribution is 2.25. The van der Waals surface area contributed by atoms with E-state index in [-0.39, 0.29) is 18.0 Å². The molecular formula is C21H25N3O. The van der Waals surface area contributed by atoms with Crippen LogP contribution in [0.2, 0.25) is 0 Å². The van der Waals surface area contributed by atoms with Gasteiger partial charge in [-0.05, 0) is 39.8 Å². The van der Waals surface area contributed by atoms with Crippen molar-refractivity contribution in [1.82, 2.24) is 14.5 Å². The molecule has 25 heavy (non-hydrogen) atoms. The van der Waals surface area contributed by atoms with Crippen LogP contribution in [0.3, 0.4) is 0 Å². The summed E-state index contributed by atoms with van der Waals surface area (Å²) in [5.41, 5.74) is 2.92. The normalized spacial score (nSPS) is 11.4. The van der Waals surface area contributed by atoms with Crippen molar-refractivity contribution in [3.05, 3.63) is 54.6 Å². The van der Waals surface area contributed by atoms with E-state index < -0.39 is 0 Å². The zero-order valence-corrected chi connectivity index (χ0v) is 15.3. The number of amides is 1. The van der Waals surface area contributed by atoms with E-state index in [0.717, 1.165) is 22.4 Å². The molecule has 0 aliphatic rings. The fourth-order valence-corrected chi connectivity index (χ4v) is 3.43. The van der Waals surface area contributed by atoms with E-state index in [1.54, 1.807) is 0 Å². The van der Waals surface area contributed by atoms with Gasteiger partial charge in [-0.3, -0.25) is 4.79 Å². The first-order chi connectivity index (χ1) is 12.0. The quantitative estimate of drug-likeness (QED) is 0.695. The Morgan fingerprint density at radius 3 is 2.20 bits per heavy atom. The van der Waals surface area contributed by atoms with Crippen LogP contribution in [0, 0.1) is 0 Å². The fraction of sp³-hybridized carbons (Fsp3) is 0.333. The molecule has 4 nitrogen and oxygen atoms in total. The van der Waals surface area contributed by atoms with E-state index in [2.05, 4.69) is 27.7 Å². The molecule has 0 atom stereocenters. The van der Waals surface area contributed by atoms with Gasteiger partial charge in [0.2, 0.25) is 5.91 Å². The van der Waals surface area contributed by atoms with Crippen LogP contribution in [0.4, 0.5) is 0 Å². The molecular weight excluding hydrogens is 310 g/mol. The number of benzene rings is 2. The first kappa shape index (κ1) is 17.2. The second-order valence-electron chi connectivity index (χ2n) is 6.86. The molecule has 1 amide bonds. The minimum Gasteiger partial charge on any atom is -0.336 e. The molecule has 0 fully saturated rings. The van der Waals surface area contributed by atoms with Crippen LogP contribution in [0.1, 0.15) is 27.7 Å². The molecule has 0 saturated heterocycles. The smallest absolute Gasteiger partial charge is 0.243 e. The molecule has 4 heteroatoms. The summed E-state index contributed by atoms with van der Waals surface area (Å²) in [6.45, 7) is 8.52. The highest BCUT2D eigenvalue weighted by atomic mass is 16.2. The van der Waals surface area contributed by atoms with Gasteiger partial charge in [0.15, 0.2) is 0 Å². The number of hydrogen-bond acceptors (Lipinski definition) is 2. The van der Waals surface area contributed by atoms with Crippen molar-refractivity contribution in [2.45, 2.75) is 46.3 Å². The highest BCUT2D eigenvalue weighted by molar-refractivity contribution is 5.84. The number of aromatic nitrogens is 2. The summed E-state index contributed by atoms with van der Waals surface area (Å²) in [6.07, 6.45) is 0. The predicted octanol–water partition coefficient (Wildman–Crippen LogP) is 4.35. The van der Waals surface area contributed by atoms with Gasteiger partial charge in [0.05, 0.1) is 11.0 Å². The molecule has 0 radical (unpaired) electrons. The summed E-state index contributed by atoms with van der Waals surface area (Å²) in [5.74, 6) is 0.952. The second kappa shape index (κ2) is 7.09. The average molecular weight is 335 g/mol. The third kappa shape index (κ3) is 3.43. The standard InChI is InChI=1S/C21H25N3O/c1-15(2)24(16(3)4)20(25)14-23-19-13-9-8-12-18(19)22-21(23)17-10-6-5-7-11-17/h5-13,15-16H,14H2,1-4H3. The van der Waals surface area contributed by atoms with Crippen LogP contribution in [0.25, 0.3) is 22.4 Å². The zero-order valence-electron chi connectivity index (χ0n) is 15.3. The lowest BCUT2D eigenvalue weighted by Gasteiger charge is -2.31. The first-order valence-corrected chi connectivity index (χ1v) is 8.81. The minimum absolute atomic E-state index is 0.116. The molecule has 3 rings (SSSR count). The molecule has 1 aromatic heterocycles. The van der Waals surface area contributed by atoms with Gasteiger partial charge in [-0.1, -0.05) is 42.5 Å². The summed E-state index contributed by atoms with van der Waals surface area (Å²) in [6, 6.07) is 18.4. The predicted molar refractivity (Wildman–Crippen MR) is 102 cm³/mol. The Labute approximate surface area is 149 Å². The molecule has 1 heterocycles. The maximum absolute atomic E-state index is 13.0. The van der Waals surface area contributed by atoms with Crippen molar-refractivity contribution >= 4 is 16.9 Å². The summed E-state index contributed by atoms with van der Waals surface area (Å²) >= 11 is 0. The van der Waals surface area contributed by atoms with Gasteiger partial charge in [-0.2, -0.15) is 0 Å². The largest absolute Gasteiger partial charge is 0.336 e. The average Bonchev–Trinajstić information content (AvgIpc) is 2.94. The number of rotatable bonds is 5. The molecule has 2 aromatic carbocycles. The lowest BCUT2D eigenvalue weighted by Crippen LogP contribution is -2.43. The Kier molecular flexibility index (Phi) is 4.88. The van der Waals surface area contributed by atoms with Crippen LogP contribution >= 0.6 is 0 Å². The van der Waals surface area contributed by atoms with Gasteiger partial charge in [-0.25, -0.2) is 4.98 Å². The lowest BCUT2D eigenvalue weighted by molar-refractivity contribution is -0.135. The summed E-state index contributed by atoms with van der Waals surface area (Å²) in [7, 11) is 0. The zero-order chi connectivity index (χ0) is 18.0. The number of hydrogen-bond donors (Lipinski definition) is 0. The van der Waals surface area contributed by atoms with Gasteiger partial charge in [0.25, 0.3) is 0 Å². The summed E-state index contributed by atoms with van der Waals surface area (Å²) < 4.78 is 2.03. The van der Waals surface area contributed by atoms with Gasteiger partial charge < -0.3 is 9.47 Å². The van der Waals surface area contributed by atoms with Crippen molar-refractivity contribution < 1.29 is 4.79 Å². The molecule has 0 bridgehead atoms. The number of para-hydroxylation sites is 2. The van der Waals surface area contributed by atoms with Gasteiger partial charge in [-0.15, -0.1) is 0 Å². The fourth-order valence-electron chi connectivity index (χ4n) is 3.43. The lowest BCUT2D eigenvalue weighted by atomic mass is 10.2. The number of carbonyl (C=O) groups excluding carboxylic acids is 1. The molecule has 3 aromatic rings. The number of fused-ring (bicyclic) bond motifs is 1. The first-order valence-electron chi connectivity index (χ1n) is 8.81. The number of carbonyl (C=O) groups is 1. The third-order valence-electron chi connectivity index (χ3n) is 4.38. The van der Waals surface area contributed by atoms with Crippen LogP contribution in [-0.4, -0.2) is 32.4 Å². The van der Waals surface area contributed by atoms with Gasteiger partial charge in [0, 0.05) is 17.6 Å². The van der Waals surface area contributed by atoms with Crippen molar-refractivity contribution in [3.8, 4) is 11.4 Å². The molecule has 0 unspecified atom stereocenters. The Balaban J connectivity index is 2.07. The Bertz CT molecular complexity index is 857. The van der Waals surface area contributed by atoms with Crippen molar-refractivity contribution in [1.29, 1.82) is 0 Å². The molecule has 0 aliphatic carbocycles. The molecule has 130 valence electrons. The van der Waals surface area contributed by atoms with E-state index in [4.69, 9.17) is 4.98 Å². The molecule has 0 aliphatic heterocycles. The van der Waals surface area contributed by atoms with E-state index >= 15 is 0 Å². The Morgan fingerprint density at radius 1 is 0.960 bits per heavy atom. The SMILES string of the molecule is CC(C)N(C(=O)Cn1c(-c2ccccc2)nc2ccccc21)C(C)C. The Morgan fingerprint density at radius 2 is 1.56 bits per heavy atom. The summed E-state index contributed by atoms with van der Waals surface area (Å²) in [5, 5.41) is 0. The molecule has 0 saturated carbocycles. The van der Waals surface area contributed by atoms with E-state index in [0.29, 0.717) is 6.54 Å². The topological polar surface area (TPSA) is 38.1 Å². The van der Waals surface area contributed by atoms with Crippen molar-refractivity contribution in [3.63, 3.8) is 0 Å². The maximum atomic E-state index is 13.0. The molecule has 0 N–H and O–H groups in total. The van der Waals surface area contributed by atoms with Crippen LogP contribution in [-0.2, 0) is 11.3 Å². The van der Waals surface area contributed by atoms with E-state index in [1.807, 2.05) is 64.1 Å². The van der Waals surface area contributed by atoms with E-state index in [1.165, 1.54) is 0 Å². The number of nitrogens with zero attached hydrogens (tertiary/aromatic N) is 3. The van der Waals surface area contributed by atoms with Crippen LogP contribution < -0.4 is 0 Å². The second-order valence-corrected chi connectivity index (χ2v) is 6.86. The van der Waals surface area contributed by atoms with Gasteiger partial charge in [0.1, 0.15) is 12.4 Å². The highest BCUT2D eigenvalue weighted by Gasteiger charge is 2.22. The van der Waals surface area contributed by atoms with Crippen molar-refractivity contribution in [2.24, 2.45) is 0 Å². The monoisotopic (exact) mass is 335 g/mol. The Hall–Kier alpha value is -2.62. The summed E-state index contributed by atoms with van der Waals surface area (Å²) in [4.78, 5) is 19.7. The molecule has 0 spiro atoms. The minimum atomic E-state index is 0.116.